The van der Waals surface area contributed by atoms with Crippen LogP contribution < -0.4 is 16.3 Å². The number of amides is 2. The number of rotatable bonds is 8. The van der Waals surface area contributed by atoms with Crippen molar-refractivity contribution in [3.8, 4) is 0 Å². The number of anilines is 2. The molecule has 196 valence electrons. The molecule has 0 spiro atoms. The van der Waals surface area contributed by atoms with E-state index in [4.69, 9.17) is 4.42 Å². The number of nitrogens with zero attached hydrogens (tertiary/aromatic N) is 3. The molecule has 0 fully saturated rings. The lowest BCUT2D eigenvalue weighted by Gasteiger charge is -2.30. The number of likely N-dealkylation sites (N-methyl/N-ethyl adjacent to an activating group) is 1. The summed E-state index contributed by atoms with van der Waals surface area (Å²) in [5, 5.41) is 5.86. The van der Waals surface area contributed by atoms with E-state index in [-0.39, 0.29) is 22.9 Å². The fraction of sp³-hybridized carbons (Fsp3) is 0.250. The number of aryl methyl sites for hydroxylation is 1. The molecular weight excluding hydrogens is 489 g/mol. The third kappa shape index (κ3) is 5.86. The monoisotopic (exact) mass is 517 g/mol. The molecule has 2 amide bonds. The minimum atomic E-state index is -1.12. The van der Waals surface area contributed by atoms with Gasteiger partial charge in [0.2, 0.25) is 5.91 Å². The topological polar surface area (TPSA) is 117 Å². The molecule has 0 saturated carbocycles. The molecule has 38 heavy (non-hydrogen) atoms. The van der Waals surface area contributed by atoms with E-state index in [1.165, 1.54) is 24.3 Å². The van der Waals surface area contributed by atoms with E-state index >= 15 is 0 Å². The third-order valence-corrected chi connectivity index (χ3v) is 6.14. The first-order chi connectivity index (χ1) is 18.0. The van der Waals surface area contributed by atoms with Crippen molar-refractivity contribution in [1.29, 1.82) is 0 Å². The molecule has 0 unspecified atom stereocenters. The molecule has 4 rings (SSSR count). The minimum absolute atomic E-state index is 0.0959. The average molecular weight is 518 g/mol. The Morgan fingerprint density at radius 2 is 1.82 bits per heavy atom. The summed E-state index contributed by atoms with van der Waals surface area (Å²) < 4.78 is 18.6. The van der Waals surface area contributed by atoms with E-state index in [0.29, 0.717) is 29.7 Å². The highest BCUT2D eigenvalue weighted by molar-refractivity contribution is 6.05. The number of fused-ring (bicyclic) bond motifs is 1. The molecule has 4 aromatic rings. The average Bonchev–Trinajstić information content (AvgIpc) is 2.89. The molecular formula is C28H28FN5O4. The Kier molecular flexibility index (Phi) is 7.52. The third-order valence-electron chi connectivity index (χ3n) is 6.14. The van der Waals surface area contributed by atoms with Crippen LogP contribution in [-0.4, -0.2) is 45.8 Å². The Balaban J connectivity index is 1.50. The van der Waals surface area contributed by atoms with Crippen LogP contribution in [0.4, 0.5) is 16.1 Å². The summed E-state index contributed by atoms with van der Waals surface area (Å²) in [5.41, 5.74) is 0.568. The number of carbonyl (C=O) groups is 2. The highest BCUT2D eigenvalue weighted by Crippen LogP contribution is 2.25. The van der Waals surface area contributed by atoms with E-state index in [1.54, 1.807) is 51.0 Å². The molecule has 0 bridgehead atoms. The van der Waals surface area contributed by atoms with Gasteiger partial charge in [-0.3, -0.25) is 14.6 Å². The van der Waals surface area contributed by atoms with Gasteiger partial charge >= 0.3 is 5.63 Å². The van der Waals surface area contributed by atoms with Crippen molar-refractivity contribution < 1.29 is 18.4 Å². The van der Waals surface area contributed by atoms with Gasteiger partial charge in [-0.25, -0.2) is 9.18 Å². The Bertz CT molecular complexity index is 1540. The summed E-state index contributed by atoms with van der Waals surface area (Å²) in [6.07, 6.45) is 2.31. The zero-order chi connectivity index (χ0) is 27.4. The van der Waals surface area contributed by atoms with E-state index < -0.39 is 22.9 Å². The lowest BCUT2D eigenvalue weighted by molar-refractivity contribution is -0.133. The molecule has 0 saturated heterocycles. The largest absolute Gasteiger partial charge is 0.389 e. The van der Waals surface area contributed by atoms with Gasteiger partial charge in [0.1, 0.15) is 11.4 Å². The van der Waals surface area contributed by atoms with Crippen LogP contribution >= 0.6 is 0 Å². The predicted molar refractivity (Wildman–Crippen MR) is 143 cm³/mol. The normalized spacial score (nSPS) is 11.3. The second-order valence-electron chi connectivity index (χ2n) is 9.45. The Hall–Kier alpha value is -4.60. The molecule has 2 N–H and O–H groups in total. The molecule has 9 nitrogen and oxygen atoms in total. The molecule has 0 atom stereocenters. The van der Waals surface area contributed by atoms with Gasteiger partial charge in [-0.15, -0.1) is 0 Å². The maximum atomic E-state index is 13.2. The molecule has 0 aliphatic heterocycles. The van der Waals surface area contributed by atoms with Crippen molar-refractivity contribution in [3.05, 3.63) is 93.9 Å². The zero-order valence-electron chi connectivity index (χ0n) is 21.5. The van der Waals surface area contributed by atoms with Crippen molar-refractivity contribution in [2.45, 2.75) is 32.7 Å². The number of benzene rings is 2. The minimum Gasteiger partial charge on any atom is -0.389 e. The quantitative estimate of drug-likeness (QED) is 0.360. The van der Waals surface area contributed by atoms with E-state index in [1.807, 2.05) is 18.2 Å². The number of aromatic nitrogens is 2. The summed E-state index contributed by atoms with van der Waals surface area (Å²) >= 11 is 0. The molecule has 0 aliphatic carbocycles. The number of pyridine rings is 1. The predicted octanol–water partition coefficient (Wildman–Crippen LogP) is 4.17. The first-order valence-corrected chi connectivity index (χ1v) is 12.0. The summed E-state index contributed by atoms with van der Waals surface area (Å²) in [5.74, 6) is -1.11. The Labute approximate surface area is 218 Å². The lowest BCUT2D eigenvalue weighted by Crippen LogP contribution is -2.49. The molecule has 2 aromatic carbocycles. The van der Waals surface area contributed by atoms with Crippen molar-refractivity contribution in [1.82, 2.24) is 14.9 Å². The number of nitrogens with one attached hydrogen (secondary N) is 2. The van der Waals surface area contributed by atoms with Gasteiger partial charge < -0.3 is 20.0 Å². The second kappa shape index (κ2) is 10.8. The van der Waals surface area contributed by atoms with Gasteiger partial charge in [-0.1, -0.05) is 6.07 Å². The smallest absolute Gasteiger partial charge is 0.348 e. The van der Waals surface area contributed by atoms with E-state index in [2.05, 4.69) is 20.6 Å². The van der Waals surface area contributed by atoms with Crippen LogP contribution in [0.5, 0.6) is 0 Å². The molecule has 10 heteroatoms. The number of hydrogen-bond acceptors (Lipinski definition) is 7. The van der Waals surface area contributed by atoms with Gasteiger partial charge in [0, 0.05) is 43.2 Å². The summed E-state index contributed by atoms with van der Waals surface area (Å²) in [7, 11) is 1.70. The summed E-state index contributed by atoms with van der Waals surface area (Å²) in [6.45, 7) is 5.48. The van der Waals surface area contributed by atoms with Crippen molar-refractivity contribution in [2.24, 2.45) is 0 Å². The van der Waals surface area contributed by atoms with Crippen LogP contribution in [-0.2, 0) is 11.2 Å². The van der Waals surface area contributed by atoms with Crippen molar-refractivity contribution in [2.75, 3.05) is 24.2 Å². The second-order valence-corrected chi connectivity index (χ2v) is 9.45. The molecule has 0 radical (unpaired) electrons. The van der Waals surface area contributed by atoms with E-state index in [9.17, 15) is 18.8 Å². The standard InChI is InChI=1S/C28H28FN5O4/c1-17-21(31-24(35)18-8-10-19(29)11-9-18)12-13-22-23(17)25(36)38-27(32-22)33-28(2,3)26(37)34(4)16-14-20-7-5-6-15-30-20/h5-13,15H,14,16H2,1-4H3,(H,31,35)(H,32,33). The highest BCUT2D eigenvalue weighted by Gasteiger charge is 2.32. The Morgan fingerprint density at radius 3 is 2.50 bits per heavy atom. The zero-order valence-corrected chi connectivity index (χ0v) is 21.5. The van der Waals surface area contributed by atoms with E-state index in [0.717, 1.165) is 5.69 Å². The van der Waals surface area contributed by atoms with Crippen LogP contribution in [0.25, 0.3) is 10.9 Å². The number of carbonyl (C=O) groups excluding carboxylic acids is 2. The molecule has 2 heterocycles. The molecule has 2 aromatic heterocycles. The van der Waals surface area contributed by atoms with Crippen molar-refractivity contribution >= 4 is 34.4 Å². The maximum Gasteiger partial charge on any atom is 0.348 e. The van der Waals surface area contributed by atoms with Gasteiger partial charge in [-0.05, 0) is 74.9 Å². The van der Waals surface area contributed by atoms with Gasteiger partial charge in [0.25, 0.3) is 11.9 Å². The fourth-order valence-electron chi connectivity index (χ4n) is 4.03. The van der Waals surface area contributed by atoms with Crippen LogP contribution in [0, 0.1) is 12.7 Å². The maximum absolute atomic E-state index is 13.2. The first kappa shape index (κ1) is 26.5. The van der Waals surface area contributed by atoms with Crippen LogP contribution in [0.1, 0.15) is 35.5 Å². The van der Waals surface area contributed by atoms with Crippen LogP contribution in [0.2, 0.25) is 0 Å². The molecule has 0 aliphatic rings. The SMILES string of the molecule is Cc1c(NC(=O)c2ccc(F)cc2)ccc2nc(NC(C)(C)C(=O)N(C)CCc3ccccn3)oc(=O)c12. The lowest BCUT2D eigenvalue weighted by atomic mass is 10.0. The highest BCUT2D eigenvalue weighted by atomic mass is 19.1. The van der Waals surface area contributed by atoms with Crippen LogP contribution in [0.3, 0.4) is 0 Å². The van der Waals surface area contributed by atoms with Crippen molar-refractivity contribution in [3.63, 3.8) is 0 Å². The van der Waals surface area contributed by atoms with Gasteiger partial charge in [0.15, 0.2) is 0 Å². The summed E-state index contributed by atoms with van der Waals surface area (Å²) in [6, 6.07) is 13.9. The Morgan fingerprint density at radius 1 is 1.08 bits per heavy atom. The van der Waals surface area contributed by atoms with Gasteiger partial charge in [-0.2, -0.15) is 4.98 Å². The first-order valence-electron chi connectivity index (χ1n) is 12.0. The summed E-state index contributed by atoms with van der Waals surface area (Å²) in [4.78, 5) is 48.8. The number of hydrogen-bond donors (Lipinski definition) is 2. The fourth-order valence-corrected chi connectivity index (χ4v) is 4.03. The van der Waals surface area contributed by atoms with Crippen LogP contribution in [0.15, 0.2) is 70.0 Å². The van der Waals surface area contributed by atoms with Gasteiger partial charge in [0.05, 0.1) is 10.9 Å². The number of halogens is 1.